The van der Waals surface area contributed by atoms with Gasteiger partial charge in [-0.25, -0.2) is 18.9 Å². The number of rotatable bonds is 3. The van der Waals surface area contributed by atoms with Gasteiger partial charge in [0.2, 0.25) is 6.41 Å². The first kappa shape index (κ1) is 29.6. The molecule has 0 spiro atoms. The van der Waals surface area contributed by atoms with Crippen LogP contribution in [0.15, 0.2) is 49.1 Å². The lowest BCUT2D eigenvalue weighted by atomic mass is 9.87. The lowest BCUT2D eigenvalue weighted by molar-refractivity contribution is -0.122. The Morgan fingerprint density at radius 1 is 1.10 bits per heavy atom. The second-order valence-electron chi connectivity index (χ2n) is 11.3. The molecular weight excluding hydrogens is 497 g/mol. The number of aryl methyl sites for hydroxylation is 1. The molecular formula is C29H38FN7O2. The minimum absolute atomic E-state index is 0.138. The number of nitrogens with one attached hydrogen (secondary N) is 1. The molecule has 1 fully saturated rings. The van der Waals surface area contributed by atoms with Gasteiger partial charge in [0.1, 0.15) is 11.5 Å². The first-order chi connectivity index (χ1) is 18.3. The van der Waals surface area contributed by atoms with Crippen molar-refractivity contribution in [3.05, 3.63) is 71.8 Å². The van der Waals surface area contributed by atoms with Crippen molar-refractivity contribution < 1.29 is 14.0 Å². The average molecular weight is 536 g/mol. The molecule has 1 aliphatic rings. The fourth-order valence-electron chi connectivity index (χ4n) is 4.06. The highest BCUT2D eigenvalue weighted by molar-refractivity contribution is 5.74. The monoisotopic (exact) mass is 535 g/mol. The summed E-state index contributed by atoms with van der Waals surface area (Å²) in [6.45, 7) is 15.2. The fraction of sp³-hybridized carbons (Fsp3) is 0.414. The van der Waals surface area contributed by atoms with Crippen molar-refractivity contribution in [2.45, 2.75) is 52.5 Å². The van der Waals surface area contributed by atoms with Gasteiger partial charge in [-0.05, 0) is 63.6 Å². The number of hydrogen-bond donors (Lipinski definition) is 1. The quantitative estimate of drug-likeness (QED) is 0.387. The Morgan fingerprint density at radius 2 is 1.79 bits per heavy atom. The Kier molecular flexibility index (Phi) is 9.34. The highest BCUT2D eigenvalue weighted by Gasteiger charge is 2.30. The van der Waals surface area contributed by atoms with Crippen molar-refractivity contribution >= 4 is 18.3 Å². The van der Waals surface area contributed by atoms with Gasteiger partial charge >= 0.3 is 0 Å². The van der Waals surface area contributed by atoms with Crippen LogP contribution in [0.3, 0.4) is 0 Å². The summed E-state index contributed by atoms with van der Waals surface area (Å²) in [6.07, 6.45) is 6.69. The van der Waals surface area contributed by atoms with E-state index in [-0.39, 0.29) is 16.8 Å². The zero-order chi connectivity index (χ0) is 28.8. The maximum atomic E-state index is 13.1. The smallest absolute Gasteiger partial charge is 0.209 e. The van der Waals surface area contributed by atoms with E-state index in [9.17, 15) is 14.0 Å². The van der Waals surface area contributed by atoms with E-state index in [1.807, 2.05) is 17.9 Å². The van der Waals surface area contributed by atoms with Crippen LogP contribution < -0.4 is 0 Å². The molecule has 0 atom stereocenters. The Morgan fingerprint density at radius 3 is 2.28 bits per heavy atom. The molecule has 1 saturated heterocycles. The predicted octanol–water partition coefficient (Wildman–Crippen LogP) is 4.53. The number of piperazine rings is 1. The summed E-state index contributed by atoms with van der Waals surface area (Å²) in [6, 6.07) is 8.14. The number of halogens is 1. The largest absolute Gasteiger partial charge is 0.349 e. The molecule has 0 unspecified atom stereocenters. The zero-order valence-corrected chi connectivity index (χ0v) is 23.8. The molecule has 4 aromatic rings. The summed E-state index contributed by atoms with van der Waals surface area (Å²) in [4.78, 5) is 36.5. The van der Waals surface area contributed by atoms with E-state index in [2.05, 4.69) is 66.6 Å². The highest BCUT2D eigenvalue weighted by Crippen LogP contribution is 2.29. The summed E-state index contributed by atoms with van der Waals surface area (Å²) in [5.41, 5.74) is 4.60. The van der Waals surface area contributed by atoms with Gasteiger partial charge in [0.05, 0.1) is 18.2 Å². The Labute approximate surface area is 229 Å². The Hall–Kier alpha value is -3.92. The number of aromatic nitrogens is 5. The lowest BCUT2D eigenvalue weighted by Crippen LogP contribution is -2.57. The SMILES string of the molecule is CC(C)(C)c1cc(-c2ccc(F)cc2)nn2cc(C=O)nc12.CN1CCN(C=O)CC1(C)C.Cc1cnc[nH]1. The number of nitrogens with zero attached hydrogens (tertiary/aromatic N) is 6. The molecule has 4 heterocycles. The van der Waals surface area contributed by atoms with Crippen LogP contribution in [0, 0.1) is 12.7 Å². The lowest BCUT2D eigenvalue weighted by Gasteiger charge is -2.43. The van der Waals surface area contributed by atoms with E-state index in [1.165, 1.54) is 12.1 Å². The third-order valence-corrected chi connectivity index (χ3v) is 6.64. The second kappa shape index (κ2) is 12.3. The van der Waals surface area contributed by atoms with Crippen LogP contribution in [0.4, 0.5) is 4.39 Å². The highest BCUT2D eigenvalue weighted by atomic mass is 19.1. The van der Waals surface area contributed by atoms with Crippen molar-refractivity contribution in [3.8, 4) is 11.3 Å². The molecule has 10 heteroatoms. The van der Waals surface area contributed by atoms with Gasteiger partial charge in [0, 0.05) is 48.2 Å². The van der Waals surface area contributed by atoms with Crippen LogP contribution in [0.25, 0.3) is 16.9 Å². The van der Waals surface area contributed by atoms with E-state index in [0.717, 1.165) is 42.9 Å². The van der Waals surface area contributed by atoms with Crippen LogP contribution in [-0.2, 0) is 10.2 Å². The third-order valence-electron chi connectivity index (χ3n) is 6.64. The number of fused-ring (bicyclic) bond motifs is 1. The van der Waals surface area contributed by atoms with Gasteiger partial charge in [-0.3, -0.25) is 14.5 Å². The van der Waals surface area contributed by atoms with Gasteiger partial charge in [0.25, 0.3) is 0 Å². The van der Waals surface area contributed by atoms with Crippen LogP contribution >= 0.6 is 0 Å². The zero-order valence-electron chi connectivity index (χ0n) is 23.8. The standard InChI is InChI=1S/C17H16FN3O.C8H16N2O.C4H6N2/c1-17(2,3)14-8-15(11-4-6-12(18)7-5-11)20-21-9-13(10-22)19-16(14)21;1-8(2)6-10(7-11)5-4-9(8)3;1-4-2-5-3-6-4/h4-10H,1-3H3;7H,4-6H2,1-3H3;2-3H,1H3,(H,5,6). The number of H-pyrrole nitrogens is 1. The van der Waals surface area contributed by atoms with Crippen molar-refractivity contribution in [1.29, 1.82) is 0 Å². The maximum Gasteiger partial charge on any atom is 0.209 e. The number of aldehydes is 1. The average Bonchev–Trinajstić information content (AvgIpc) is 3.54. The Balaban J connectivity index is 0.000000204. The molecule has 3 aromatic heterocycles. The van der Waals surface area contributed by atoms with E-state index in [0.29, 0.717) is 23.3 Å². The van der Waals surface area contributed by atoms with E-state index >= 15 is 0 Å². The van der Waals surface area contributed by atoms with Crippen LogP contribution in [0.1, 0.15) is 56.4 Å². The summed E-state index contributed by atoms with van der Waals surface area (Å²) >= 11 is 0. The number of benzene rings is 1. The van der Waals surface area contributed by atoms with E-state index in [1.54, 1.807) is 35.4 Å². The summed E-state index contributed by atoms with van der Waals surface area (Å²) in [5.74, 6) is -0.285. The predicted molar refractivity (Wildman–Crippen MR) is 150 cm³/mol. The first-order valence-electron chi connectivity index (χ1n) is 12.8. The third kappa shape index (κ3) is 7.79. The summed E-state index contributed by atoms with van der Waals surface area (Å²) in [5, 5.41) is 4.49. The van der Waals surface area contributed by atoms with Crippen molar-refractivity contribution in [3.63, 3.8) is 0 Å². The summed E-state index contributed by atoms with van der Waals surface area (Å²) in [7, 11) is 2.10. The van der Waals surface area contributed by atoms with Gasteiger partial charge in [0.15, 0.2) is 11.9 Å². The normalized spacial score (nSPS) is 15.1. The minimum Gasteiger partial charge on any atom is -0.349 e. The molecule has 1 aromatic carbocycles. The Bertz CT molecular complexity index is 1370. The van der Waals surface area contributed by atoms with Gasteiger partial charge in [-0.15, -0.1) is 0 Å². The van der Waals surface area contributed by atoms with Crippen molar-refractivity contribution in [2.75, 3.05) is 26.7 Å². The second-order valence-corrected chi connectivity index (χ2v) is 11.3. The number of likely N-dealkylation sites (N-methyl/N-ethyl adjacent to an activating group) is 1. The van der Waals surface area contributed by atoms with Crippen LogP contribution in [-0.4, -0.2) is 79.3 Å². The minimum atomic E-state index is -0.285. The van der Waals surface area contributed by atoms with Crippen molar-refractivity contribution in [2.24, 2.45) is 0 Å². The van der Waals surface area contributed by atoms with Gasteiger partial charge in [-0.2, -0.15) is 5.10 Å². The number of carbonyl (C=O) groups excluding carboxylic acids is 2. The summed E-state index contributed by atoms with van der Waals surface area (Å²) < 4.78 is 14.7. The molecule has 1 N–H and O–H groups in total. The number of hydrogen-bond acceptors (Lipinski definition) is 6. The molecule has 1 amide bonds. The number of aromatic amines is 1. The number of amides is 1. The molecule has 39 heavy (non-hydrogen) atoms. The number of carbonyl (C=O) groups is 2. The first-order valence-corrected chi connectivity index (χ1v) is 12.8. The molecule has 0 bridgehead atoms. The molecule has 1 aliphatic heterocycles. The molecule has 208 valence electrons. The van der Waals surface area contributed by atoms with Crippen LogP contribution in [0.2, 0.25) is 0 Å². The van der Waals surface area contributed by atoms with Gasteiger partial charge < -0.3 is 9.88 Å². The van der Waals surface area contributed by atoms with Crippen LogP contribution in [0.5, 0.6) is 0 Å². The van der Waals surface area contributed by atoms with E-state index < -0.39 is 0 Å². The van der Waals surface area contributed by atoms with E-state index in [4.69, 9.17) is 0 Å². The molecule has 9 nitrogen and oxygen atoms in total. The van der Waals surface area contributed by atoms with Crippen molar-refractivity contribution in [1.82, 2.24) is 34.4 Å². The maximum absolute atomic E-state index is 13.1. The topological polar surface area (TPSA) is 99.5 Å². The fourth-order valence-corrected chi connectivity index (χ4v) is 4.06. The van der Waals surface area contributed by atoms with Gasteiger partial charge in [-0.1, -0.05) is 20.8 Å². The molecule has 5 rings (SSSR count). The number of imidazole rings is 2. The molecule has 0 radical (unpaired) electrons. The molecule has 0 saturated carbocycles. The molecule has 0 aliphatic carbocycles.